The lowest BCUT2D eigenvalue weighted by atomic mass is 10.2. The zero-order valence-corrected chi connectivity index (χ0v) is 23.2. The molecule has 0 unspecified atom stereocenters. The Hall–Kier alpha value is -2.87. The molecule has 0 atom stereocenters. The van der Waals surface area contributed by atoms with E-state index in [0.717, 1.165) is 9.37 Å². The summed E-state index contributed by atoms with van der Waals surface area (Å²) in [6.45, 7) is 3.89. The van der Waals surface area contributed by atoms with Crippen LogP contribution in [0.3, 0.4) is 0 Å². The van der Waals surface area contributed by atoms with Crippen LogP contribution in [0.2, 0.25) is 0 Å². The lowest BCUT2D eigenvalue weighted by molar-refractivity contribution is 0.0544. The second kappa shape index (κ2) is 12.1. The topological polar surface area (TPSA) is 76.2 Å². The normalized spacial score (nSPS) is 11.6. The number of ether oxygens (including phenoxy) is 1. The van der Waals surface area contributed by atoms with Gasteiger partial charge in [0.25, 0.3) is 12.9 Å². The first-order valence-corrected chi connectivity index (χ1v) is 12.5. The minimum Gasteiger partial charge on any atom is -0.443 e. The van der Waals surface area contributed by atoms with Gasteiger partial charge in [-0.05, 0) is 64.8 Å². The van der Waals surface area contributed by atoms with Crippen molar-refractivity contribution in [1.29, 1.82) is 0 Å². The van der Waals surface area contributed by atoms with Gasteiger partial charge in [-0.25, -0.2) is 32.3 Å². The molecule has 4 heterocycles. The molecule has 0 saturated heterocycles. The van der Waals surface area contributed by atoms with Crippen LogP contribution >= 0.6 is 31.9 Å². The molecule has 200 valence electrons. The summed E-state index contributed by atoms with van der Waals surface area (Å²) in [5, 5.41) is 2.65. The molecule has 4 aromatic rings. The Balaban J connectivity index is 0.000000220. The number of halogens is 6. The number of anilines is 2. The molecule has 0 aliphatic heterocycles. The molecule has 0 fully saturated rings. The largest absolute Gasteiger partial charge is 0.443 e. The first-order chi connectivity index (χ1) is 17.3. The third-order valence-corrected chi connectivity index (χ3v) is 5.43. The van der Waals surface area contributed by atoms with Crippen molar-refractivity contribution in [2.75, 3.05) is 23.3 Å². The number of rotatable bonds is 6. The Morgan fingerprint density at radius 2 is 1.57 bits per heavy atom. The second-order valence-electron chi connectivity index (χ2n) is 8.69. The third-order valence-electron chi connectivity index (χ3n) is 4.56. The monoisotopic (exact) mass is 650 g/mol. The van der Waals surface area contributed by atoms with Gasteiger partial charge in [-0.15, -0.1) is 0 Å². The molecule has 0 aliphatic carbocycles. The standard InChI is InChI=1S/C14H16BrF2N3O2.C9H8BrF2N3/c1-14(2,3)22-13(21)20(8-11(16)17)10-6-9(15)7-19-5-4-18-12(10)19;10-6-3-7(14-4-8(11)12)9-13-1-2-15(9)5-6/h4-7,11H,8H2,1-3H3;1-3,5,8,14H,4H2. The van der Waals surface area contributed by atoms with Crippen LogP contribution in [0, 0.1) is 0 Å². The molecule has 8 nitrogen and oxygen atoms in total. The first-order valence-electron chi connectivity index (χ1n) is 10.9. The molecule has 0 aromatic carbocycles. The summed E-state index contributed by atoms with van der Waals surface area (Å²) >= 11 is 6.60. The maximum atomic E-state index is 12.9. The summed E-state index contributed by atoms with van der Waals surface area (Å²) in [6, 6.07) is 3.29. The maximum Gasteiger partial charge on any atom is 0.415 e. The van der Waals surface area contributed by atoms with E-state index in [9.17, 15) is 22.4 Å². The SMILES string of the molecule is CC(C)(C)OC(=O)N(CC(F)F)c1cc(Br)cn2ccnc12.FC(F)CNc1cc(Br)cn2ccnc12. The van der Waals surface area contributed by atoms with Gasteiger partial charge in [0.1, 0.15) is 5.60 Å². The summed E-state index contributed by atoms with van der Waals surface area (Å²) in [7, 11) is 0. The van der Waals surface area contributed by atoms with Crippen LogP contribution < -0.4 is 10.2 Å². The minimum atomic E-state index is -2.69. The van der Waals surface area contributed by atoms with Gasteiger partial charge in [0.15, 0.2) is 11.3 Å². The first kappa shape index (κ1) is 28.7. The summed E-state index contributed by atoms with van der Waals surface area (Å²) in [4.78, 5) is 21.4. The predicted octanol–water partition coefficient (Wildman–Crippen LogP) is 6.88. The van der Waals surface area contributed by atoms with E-state index in [-0.39, 0.29) is 12.2 Å². The fourth-order valence-electron chi connectivity index (χ4n) is 3.22. The molecular weight excluding hydrogens is 628 g/mol. The van der Waals surface area contributed by atoms with Gasteiger partial charge in [0.05, 0.1) is 24.5 Å². The Bertz CT molecular complexity index is 1360. The Morgan fingerprint density at radius 1 is 1.00 bits per heavy atom. The zero-order valence-electron chi connectivity index (χ0n) is 20.0. The summed E-state index contributed by atoms with van der Waals surface area (Å²) in [5.41, 5.74) is 1.10. The van der Waals surface area contributed by atoms with E-state index >= 15 is 0 Å². The zero-order chi connectivity index (χ0) is 27.3. The number of alkyl halides is 4. The molecule has 4 rings (SSSR count). The third kappa shape index (κ3) is 8.06. The lowest BCUT2D eigenvalue weighted by Crippen LogP contribution is -2.40. The quantitative estimate of drug-likeness (QED) is 0.230. The van der Waals surface area contributed by atoms with Crippen molar-refractivity contribution in [3.05, 3.63) is 58.3 Å². The Labute approximate surface area is 226 Å². The van der Waals surface area contributed by atoms with Gasteiger partial charge >= 0.3 is 6.09 Å². The van der Waals surface area contributed by atoms with Crippen molar-refractivity contribution in [3.8, 4) is 0 Å². The van der Waals surface area contributed by atoms with Crippen LogP contribution in [0.4, 0.5) is 33.7 Å². The number of fused-ring (bicyclic) bond motifs is 2. The highest BCUT2D eigenvalue weighted by atomic mass is 79.9. The number of amides is 1. The van der Waals surface area contributed by atoms with E-state index in [2.05, 4.69) is 47.1 Å². The fourth-order valence-corrected chi connectivity index (χ4v) is 4.11. The summed E-state index contributed by atoms with van der Waals surface area (Å²) in [6.07, 6.45) is 4.21. The maximum absolute atomic E-state index is 12.9. The molecule has 4 aromatic heterocycles. The van der Waals surface area contributed by atoms with Gasteiger partial charge in [-0.3, -0.25) is 4.90 Å². The van der Waals surface area contributed by atoms with Crippen molar-refractivity contribution in [1.82, 2.24) is 18.8 Å². The van der Waals surface area contributed by atoms with Gasteiger partial charge in [0.2, 0.25) is 0 Å². The predicted molar refractivity (Wildman–Crippen MR) is 140 cm³/mol. The number of aromatic nitrogens is 4. The van der Waals surface area contributed by atoms with Crippen molar-refractivity contribution in [3.63, 3.8) is 0 Å². The van der Waals surface area contributed by atoms with Gasteiger partial charge in [-0.1, -0.05) is 0 Å². The fraction of sp³-hybridized carbons (Fsp3) is 0.348. The molecule has 1 amide bonds. The second-order valence-corrected chi connectivity index (χ2v) is 10.5. The smallest absolute Gasteiger partial charge is 0.415 e. The number of carbonyl (C=O) groups is 1. The van der Waals surface area contributed by atoms with E-state index in [0.29, 0.717) is 21.5 Å². The van der Waals surface area contributed by atoms with E-state index in [1.165, 1.54) is 6.20 Å². The lowest BCUT2D eigenvalue weighted by Gasteiger charge is -2.27. The Kier molecular flexibility index (Phi) is 9.40. The molecule has 0 bridgehead atoms. The summed E-state index contributed by atoms with van der Waals surface area (Å²) < 4.78 is 60.0. The van der Waals surface area contributed by atoms with Crippen LogP contribution in [-0.2, 0) is 4.74 Å². The van der Waals surface area contributed by atoms with Crippen molar-refractivity contribution in [2.24, 2.45) is 0 Å². The number of nitrogens with zero attached hydrogens (tertiary/aromatic N) is 5. The van der Waals surface area contributed by atoms with Gasteiger partial charge in [0, 0.05) is 46.1 Å². The number of imidazole rings is 2. The minimum absolute atomic E-state index is 0.258. The van der Waals surface area contributed by atoms with Crippen LogP contribution in [-0.4, -0.2) is 56.4 Å². The average molecular weight is 652 g/mol. The molecule has 37 heavy (non-hydrogen) atoms. The molecule has 0 aliphatic rings. The number of hydrogen-bond acceptors (Lipinski definition) is 5. The molecule has 14 heteroatoms. The van der Waals surface area contributed by atoms with Crippen LogP contribution in [0.1, 0.15) is 20.8 Å². The van der Waals surface area contributed by atoms with Gasteiger partial charge in [-0.2, -0.15) is 0 Å². The summed E-state index contributed by atoms with van der Waals surface area (Å²) in [5.74, 6) is 0. The van der Waals surface area contributed by atoms with Crippen molar-refractivity contribution in [2.45, 2.75) is 39.2 Å². The van der Waals surface area contributed by atoms with E-state index in [4.69, 9.17) is 4.74 Å². The molecule has 0 spiro atoms. The highest BCUT2D eigenvalue weighted by Gasteiger charge is 2.28. The molecule has 0 saturated carbocycles. The highest BCUT2D eigenvalue weighted by Crippen LogP contribution is 2.27. The van der Waals surface area contributed by atoms with E-state index in [1.54, 1.807) is 66.5 Å². The number of hydrogen-bond donors (Lipinski definition) is 1. The molecular formula is C23H24Br2F4N6O2. The van der Waals surface area contributed by atoms with Gasteiger partial charge < -0.3 is 18.9 Å². The van der Waals surface area contributed by atoms with Crippen LogP contribution in [0.5, 0.6) is 0 Å². The van der Waals surface area contributed by atoms with Crippen molar-refractivity contribution < 1.29 is 27.1 Å². The van der Waals surface area contributed by atoms with Crippen LogP contribution in [0.15, 0.2) is 58.3 Å². The Morgan fingerprint density at radius 3 is 2.14 bits per heavy atom. The van der Waals surface area contributed by atoms with E-state index in [1.807, 2.05) is 6.20 Å². The molecule has 0 radical (unpaired) electrons. The van der Waals surface area contributed by atoms with E-state index < -0.39 is 31.1 Å². The number of pyridine rings is 2. The average Bonchev–Trinajstić information content (AvgIpc) is 3.43. The van der Waals surface area contributed by atoms with Crippen LogP contribution in [0.25, 0.3) is 11.3 Å². The number of carbonyl (C=O) groups excluding carboxylic acids is 1. The molecule has 1 N–H and O–H groups in total. The highest BCUT2D eigenvalue weighted by molar-refractivity contribution is 9.10. The number of nitrogens with one attached hydrogen (secondary N) is 1. The van der Waals surface area contributed by atoms with Crippen molar-refractivity contribution >= 4 is 60.6 Å².